The van der Waals surface area contributed by atoms with Gasteiger partial charge in [0.2, 0.25) is 5.88 Å². The zero-order valence-electron chi connectivity index (χ0n) is 10.1. The van der Waals surface area contributed by atoms with E-state index in [1.165, 1.54) is 13.4 Å². The molecule has 0 bridgehead atoms. The van der Waals surface area contributed by atoms with Gasteiger partial charge in [0.15, 0.2) is 0 Å². The molecule has 1 aromatic heterocycles. The van der Waals surface area contributed by atoms with Gasteiger partial charge in [0.05, 0.1) is 12.5 Å². The highest BCUT2D eigenvalue weighted by atomic mass is 35.5. The first-order valence-corrected chi connectivity index (χ1v) is 5.97. The Morgan fingerprint density at radius 2 is 2.05 bits per heavy atom. The van der Waals surface area contributed by atoms with E-state index in [2.05, 4.69) is 9.97 Å². The van der Waals surface area contributed by atoms with Crippen LogP contribution in [0.5, 0.6) is 5.88 Å². The molecule has 0 aliphatic carbocycles. The first kappa shape index (κ1) is 13.7. The van der Waals surface area contributed by atoms with E-state index >= 15 is 0 Å². The normalized spacial score (nSPS) is 12.2. The molecule has 0 amide bonds. The standard InChI is InChI=1S/C13H11ClF2N2O/c1-19-13-6-9(17-7-18-13)5-11(14)10-4-8(15)2-3-12(10)16/h2-4,6-7,11H,5H2,1H3. The molecule has 0 saturated heterocycles. The quantitative estimate of drug-likeness (QED) is 0.808. The Morgan fingerprint density at radius 1 is 1.26 bits per heavy atom. The number of aromatic nitrogens is 2. The third-order valence-corrected chi connectivity index (χ3v) is 2.98. The van der Waals surface area contributed by atoms with E-state index in [1.807, 2.05) is 0 Å². The van der Waals surface area contributed by atoms with Gasteiger partial charge in [-0.1, -0.05) is 0 Å². The van der Waals surface area contributed by atoms with Crippen LogP contribution in [0.1, 0.15) is 16.6 Å². The molecule has 0 spiro atoms. The maximum Gasteiger partial charge on any atom is 0.216 e. The fraction of sp³-hybridized carbons (Fsp3) is 0.231. The molecule has 2 aromatic rings. The lowest BCUT2D eigenvalue weighted by Crippen LogP contribution is -2.02. The maximum atomic E-state index is 13.6. The van der Waals surface area contributed by atoms with Crippen LogP contribution in [0.2, 0.25) is 0 Å². The van der Waals surface area contributed by atoms with Crippen LogP contribution in [-0.4, -0.2) is 17.1 Å². The van der Waals surface area contributed by atoms with E-state index in [9.17, 15) is 8.78 Å². The minimum Gasteiger partial charge on any atom is -0.481 e. The number of methoxy groups -OCH3 is 1. The number of alkyl halides is 1. The van der Waals surface area contributed by atoms with E-state index < -0.39 is 17.0 Å². The summed E-state index contributed by atoms with van der Waals surface area (Å²) in [5, 5.41) is -0.713. The van der Waals surface area contributed by atoms with Crippen LogP contribution in [0, 0.1) is 11.6 Å². The Morgan fingerprint density at radius 3 is 2.79 bits per heavy atom. The molecule has 1 aromatic carbocycles. The molecule has 0 fully saturated rings. The van der Waals surface area contributed by atoms with Crippen molar-refractivity contribution in [1.29, 1.82) is 0 Å². The predicted molar refractivity (Wildman–Crippen MR) is 67.2 cm³/mol. The van der Waals surface area contributed by atoms with Crippen molar-refractivity contribution in [3.63, 3.8) is 0 Å². The lowest BCUT2D eigenvalue weighted by Gasteiger charge is -2.11. The number of benzene rings is 1. The van der Waals surface area contributed by atoms with Crippen LogP contribution < -0.4 is 4.74 Å². The lowest BCUT2D eigenvalue weighted by atomic mass is 10.1. The summed E-state index contributed by atoms with van der Waals surface area (Å²) in [4.78, 5) is 7.87. The third kappa shape index (κ3) is 3.38. The van der Waals surface area contributed by atoms with Crippen LogP contribution in [0.3, 0.4) is 0 Å². The molecular formula is C13H11ClF2N2O. The SMILES string of the molecule is COc1cc(CC(Cl)c2cc(F)ccc2F)ncn1. The average Bonchev–Trinajstić information content (AvgIpc) is 2.41. The molecule has 2 rings (SSSR count). The summed E-state index contributed by atoms with van der Waals surface area (Å²) < 4.78 is 31.6. The van der Waals surface area contributed by atoms with Crippen molar-refractivity contribution in [2.45, 2.75) is 11.8 Å². The Bertz CT molecular complexity index is 580. The summed E-state index contributed by atoms with van der Waals surface area (Å²) in [6.07, 6.45) is 1.58. The van der Waals surface area contributed by atoms with Gasteiger partial charge in [-0.2, -0.15) is 0 Å². The van der Waals surface area contributed by atoms with Crippen molar-refractivity contribution < 1.29 is 13.5 Å². The number of rotatable bonds is 4. The zero-order chi connectivity index (χ0) is 13.8. The molecule has 1 heterocycles. The molecule has 6 heteroatoms. The van der Waals surface area contributed by atoms with Crippen molar-refractivity contribution in [3.05, 3.63) is 53.5 Å². The molecule has 100 valence electrons. The summed E-state index contributed by atoms with van der Waals surface area (Å²) in [5.41, 5.74) is 0.703. The van der Waals surface area contributed by atoms with Crippen LogP contribution in [-0.2, 0) is 6.42 Å². The van der Waals surface area contributed by atoms with Crippen LogP contribution in [0.15, 0.2) is 30.6 Å². The molecule has 1 unspecified atom stereocenters. The second-order valence-corrected chi connectivity index (χ2v) is 4.42. The molecule has 0 aliphatic rings. The van der Waals surface area contributed by atoms with E-state index in [-0.39, 0.29) is 12.0 Å². The highest BCUT2D eigenvalue weighted by molar-refractivity contribution is 6.20. The van der Waals surface area contributed by atoms with Crippen molar-refractivity contribution in [3.8, 4) is 5.88 Å². The van der Waals surface area contributed by atoms with Gasteiger partial charge in [-0.3, -0.25) is 0 Å². The Balaban J connectivity index is 2.20. The van der Waals surface area contributed by atoms with E-state index in [4.69, 9.17) is 16.3 Å². The molecular weight excluding hydrogens is 274 g/mol. The summed E-state index contributed by atoms with van der Waals surface area (Å²) >= 11 is 6.11. The van der Waals surface area contributed by atoms with Gasteiger partial charge in [0.1, 0.15) is 18.0 Å². The fourth-order valence-electron chi connectivity index (χ4n) is 1.65. The largest absolute Gasteiger partial charge is 0.481 e. The first-order valence-electron chi connectivity index (χ1n) is 5.54. The molecule has 0 saturated carbocycles. The average molecular weight is 285 g/mol. The van der Waals surface area contributed by atoms with Crippen molar-refractivity contribution >= 4 is 11.6 Å². The van der Waals surface area contributed by atoms with Gasteiger partial charge in [-0.15, -0.1) is 11.6 Å². The highest BCUT2D eigenvalue weighted by Crippen LogP contribution is 2.27. The van der Waals surface area contributed by atoms with Crippen molar-refractivity contribution in [1.82, 2.24) is 9.97 Å². The van der Waals surface area contributed by atoms with Gasteiger partial charge in [0.25, 0.3) is 0 Å². The van der Waals surface area contributed by atoms with Gasteiger partial charge < -0.3 is 4.74 Å². The number of halogens is 3. The molecule has 0 radical (unpaired) electrons. The molecule has 0 aliphatic heterocycles. The van der Waals surface area contributed by atoms with Crippen LogP contribution in [0.4, 0.5) is 8.78 Å². The monoisotopic (exact) mass is 284 g/mol. The maximum absolute atomic E-state index is 13.6. The van der Waals surface area contributed by atoms with Crippen molar-refractivity contribution in [2.75, 3.05) is 7.11 Å². The number of nitrogens with zero attached hydrogens (tertiary/aromatic N) is 2. The highest BCUT2D eigenvalue weighted by Gasteiger charge is 2.16. The summed E-state index contributed by atoms with van der Waals surface area (Å²) in [7, 11) is 1.48. The van der Waals surface area contributed by atoms with Gasteiger partial charge in [-0.05, 0) is 18.2 Å². The predicted octanol–water partition coefficient (Wildman–Crippen LogP) is 3.29. The van der Waals surface area contributed by atoms with Crippen LogP contribution in [0.25, 0.3) is 0 Å². The Labute approximate surface area is 114 Å². The smallest absolute Gasteiger partial charge is 0.216 e. The molecule has 3 nitrogen and oxygen atoms in total. The Hall–Kier alpha value is -1.75. The summed E-state index contributed by atoms with van der Waals surface area (Å²) in [6.45, 7) is 0. The van der Waals surface area contributed by atoms with Gasteiger partial charge >= 0.3 is 0 Å². The lowest BCUT2D eigenvalue weighted by molar-refractivity contribution is 0.396. The van der Waals surface area contributed by atoms with Crippen LogP contribution >= 0.6 is 11.6 Å². The molecule has 19 heavy (non-hydrogen) atoms. The summed E-state index contributed by atoms with van der Waals surface area (Å²) in [5.74, 6) is -0.668. The first-order chi connectivity index (χ1) is 9.10. The number of hydrogen-bond acceptors (Lipinski definition) is 3. The third-order valence-electron chi connectivity index (χ3n) is 2.59. The second kappa shape index (κ2) is 5.93. The van der Waals surface area contributed by atoms with Gasteiger partial charge in [0, 0.05) is 23.7 Å². The zero-order valence-corrected chi connectivity index (χ0v) is 10.9. The van der Waals surface area contributed by atoms with Crippen molar-refractivity contribution in [2.24, 2.45) is 0 Å². The molecule has 1 atom stereocenters. The topological polar surface area (TPSA) is 35.0 Å². The van der Waals surface area contributed by atoms with E-state index in [0.29, 0.717) is 11.6 Å². The number of hydrogen-bond donors (Lipinski definition) is 0. The van der Waals surface area contributed by atoms with E-state index in [1.54, 1.807) is 6.07 Å². The van der Waals surface area contributed by atoms with E-state index in [0.717, 1.165) is 18.2 Å². The minimum absolute atomic E-state index is 0.110. The second-order valence-electron chi connectivity index (χ2n) is 3.89. The number of ether oxygens (including phenoxy) is 1. The Kier molecular flexibility index (Phi) is 4.27. The molecule has 0 N–H and O–H groups in total. The fourth-order valence-corrected chi connectivity index (χ4v) is 1.97. The minimum atomic E-state index is -0.713. The van der Waals surface area contributed by atoms with Gasteiger partial charge in [-0.25, -0.2) is 18.7 Å². The summed E-state index contributed by atoms with van der Waals surface area (Å²) in [6, 6.07) is 4.80.